The summed E-state index contributed by atoms with van der Waals surface area (Å²) < 4.78 is 10.0. The predicted molar refractivity (Wildman–Crippen MR) is 223 cm³/mol. The van der Waals surface area contributed by atoms with Crippen molar-refractivity contribution in [2.24, 2.45) is 0 Å². The van der Waals surface area contributed by atoms with Crippen molar-refractivity contribution < 1.29 is 0 Å². The Morgan fingerprint density at radius 2 is 0.722 bits per heavy atom. The van der Waals surface area contributed by atoms with Crippen LogP contribution in [0.1, 0.15) is 0 Å². The molecule has 0 atom stereocenters. The fourth-order valence-corrected chi connectivity index (χ4v) is 9.39. The van der Waals surface area contributed by atoms with Gasteiger partial charge in [-0.25, -0.2) is 0 Å². The minimum atomic E-state index is 0.768. The summed E-state index contributed by atoms with van der Waals surface area (Å²) in [5.41, 5.74) is 12.0. The van der Waals surface area contributed by atoms with E-state index in [0.29, 0.717) is 0 Å². The monoisotopic (exact) mass is 692 g/mol. The van der Waals surface area contributed by atoms with E-state index in [9.17, 15) is 0 Å². The van der Waals surface area contributed by atoms with E-state index < -0.39 is 0 Å². The largest absolute Gasteiger partial charge is 0.338 e. The lowest BCUT2D eigenvalue weighted by Gasteiger charge is -2.14. The van der Waals surface area contributed by atoms with Crippen molar-refractivity contribution in [3.05, 3.63) is 170 Å². The Morgan fingerprint density at radius 1 is 0.333 bits per heavy atom. The maximum atomic E-state index is 4.49. The second-order valence-electron chi connectivity index (χ2n) is 14.2. The first-order valence-corrected chi connectivity index (χ1v) is 18.5. The third-order valence-electron chi connectivity index (χ3n) is 11.5. The van der Waals surface area contributed by atoms with Gasteiger partial charge in [0.2, 0.25) is 0 Å². The fraction of sp³-hybridized carbons (Fsp3) is 0.0417. The van der Waals surface area contributed by atoms with Gasteiger partial charge in [0, 0.05) is 97.9 Å². The number of nitrogens with zero attached hydrogens (tertiary/aromatic N) is 6. The Labute approximate surface area is 309 Å². The smallest absolute Gasteiger partial charge is 0.0662 e. The molecule has 12 rings (SSSR count). The van der Waals surface area contributed by atoms with E-state index >= 15 is 0 Å². The van der Waals surface area contributed by atoms with Crippen LogP contribution < -0.4 is 0 Å². The van der Waals surface area contributed by atoms with Gasteiger partial charge in [-0.15, -0.1) is 0 Å². The number of benzene rings is 6. The molecule has 0 N–H and O–H groups in total. The Morgan fingerprint density at radius 3 is 1.24 bits per heavy atom. The van der Waals surface area contributed by atoms with Crippen LogP contribution in [0, 0.1) is 0 Å². The van der Waals surface area contributed by atoms with Crippen molar-refractivity contribution in [1.82, 2.24) is 28.2 Å². The van der Waals surface area contributed by atoms with Crippen molar-refractivity contribution in [3.8, 4) is 11.4 Å². The van der Waals surface area contributed by atoms with Crippen molar-refractivity contribution in [2.75, 3.05) is 0 Å². The Balaban J connectivity index is 1.30. The lowest BCUT2D eigenvalue weighted by atomic mass is 10.0. The molecule has 0 aliphatic heterocycles. The maximum Gasteiger partial charge on any atom is 0.0662 e. The van der Waals surface area contributed by atoms with E-state index in [-0.39, 0.29) is 0 Å². The summed E-state index contributed by atoms with van der Waals surface area (Å²) >= 11 is 0. The minimum Gasteiger partial charge on any atom is -0.338 e. The van der Waals surface area contributed by atoms with Gasteiger partial charge in [-0.2, -0.15) is 0 Å². The van der Waals surface area contributed by atoms with E-state index in [1.807, 2.05) is 24.8 Å². The molecule has 0 radical (unpaired) electrons. The van der Waals surface area contributed by atoms with Crippen molar-refractivity contribution in [2.45, 2.75) is 13.1 Å². The Kier molecular flexibility index (Phi) is 6.08. The molecule has 0 amide bonds. The third-order valence-corrected chi connectivity index (χ3v) is 11.5. The molecular weight excluding hydrogens is 661 g/mol. The number of aromatic nitrogens is 6. The summed E-state index contributed by atoms with van der Waals surface area (Å²) in [5, 5.41) is 9.83. The SMILES string of the molecule is c1ccc(-n2c3ccccc3c3c4c(c5ccccc5n4CCn4c5ccncc5c5cnccc54)c4c(c5ccccc5n4-c4ccccc4)c32)cc1. The number of pyridine rings is 2. The van der Waals surface area contributed by atoms with Crippen LogP contribution in [0.25, 0.3) is 98.6 Å². The zero-order valence-electron chi connectivity index (χ0n) is 29.3. The van der Waals surface area contributed by atoms with Crippen molar-refractivity contribution in [3.63, 3.8) is 0 Å². The highest BCUT2D eigenvalue weighted by molar-refractivity contribution is 6.40. The number of hydrogen-bond donors (Lipinski definition) is 0. The molecule has 12 aromatic rings. The molecule has 54 heavy (non-hydrogen) atoms. The number of rotatable bonds is 5. The van der Waals surface area contributed by atoms with Crippen LogP contribution in [0.4, 0.5) is 0 Å². The van der Waals surface area contributed by atoms with E-state index in [1.165, 1.54) is 76.5 Å². The molecule has 0 fully saturated rings. The van der Waals surface area contributed by atoms with E-state index in [0.717, 1.165) is 35.2 Å². The average Bonchev–Trinajstić information content (AvgIpc) is 3.96. The third kappa shape index (κ3) is 3.89. The molecule has 6 heterocycles. The molecule has 0 bridgehead atoms. The Hall–Kier alpha value is -7.18. The van der Waals surface area contributed by atoms with Gasteiger partial charge in [-0.3, -0.25) is 9.97 Å². The fourth-order valence-electron chi connectivity index (χ4n) is 9.39. The van der Waals surface area contributed by atoms with Crippen molar-refractivity contribution >= 4 is 87.2 Å². The number of aryl methyl sites for hydroxylation is 2. The van der Waals surface area contributed by atoms with E-state index in [4.69, 9.17) is 0 Å². The summed E-state index contributed by atoms with van der Waals surface area (Å²) in [7, 11) is 0. The standard InChI is InChI=1S/C48H32N6/c1-3-13-31(14-4-1)53-41-21-11-8-18-34(41)44-46-43(47-45(48(44)53)35-19-9-12-22-42(35)54(47)32-15-5-2-6-16-32)33-17-7-10-20-38(33)52(46)28-27-51-39-23-25-49-29-36(39)37-30-50-26-24-40(37)51/h1-26,29-30H,27-28H2. The van der Waals surface area contributed by atoms with Gasteiger partial charge in [0.1, 0.15) is 0 Å². The zero-order valence-corrected chi connectivity index (χ0v) is 29.3. The van der Waals surface area contributed by atoms with E-state index in [1.54, 1.807) is 0 Å². The van der Waals surface area contributed by atoms with Crippen molar-refractivity contribution in [1.29, 1.82) is 0 Å². The lowest BCUT2D eigenvalue weighted by Crippen LogP contribution is -2.07. The highest BCUT2D eigenvalue weighted by atomic mass is 15.1. The van der Waals surface area contributed by atoms with Crippen LogP contribution in [0.3, 0.4) is 0 Å². The minimum absolute atomic E-state index is 0.768. The Bertz CT molecular complexity index is 3310. The molecule has 6 nitrogen and oxygen atoms in total. The summed E-state index contributed by atoms with van der Waals surface area (Å²) in [6.45, 7) is 1.55. The molecular formula is C48H32N6. The average molecular weight is 693 g/mol. The first-order chi connectivity index (χ1) is 26.9. The number of para-hydroxylation sites is 5. The zero-order chi connectivity index (χ0) is 35.3. The van der Waals surface area contributed by atoms with Crippen LogP contribution >= 0.6 is 0 Å². The molecule has 0 unspecified atom stereocenters. The molecule has 0 aliphatic carbocycles. The molecule has 6 aromatic heterocycles. The van der Waals surface area contributed by atoms with Gasteiger partial charge in [0.15, 0.2) is 0 Å². The quantitative estimate of drug-likeness (QED) is 0.180. The summed E-state index contributed by atoms with van der Waals surface area (Å²) in [5.74, 6) is 0. The molecule has 6 aromatic carbocycles. The maximum absolute atomic E-state index is 4.49. The molecule has 254 valence electrons. The lowest BCUT2D eigenvalue weighted by molar-refractivity contribution is 0.632. The highest BCUT2D eigenvalue weighted by Gasteiger charge is 2.28. The second-order valence-corrected chi connectivity index (χ2v) is 14.2. The normalized spacial score (nSPS) is 12.2. The number of hydrogen-bond acceptors (Lipinski definition) is 2. The topological polar surface area (TPSA) is 45.5 Å². The molecule has 0 spiro atoms. The molecule has 0 aliphatic rings. The molecule has 0 saturated carbocycles. The van der Waals surface area contributed by atoms with Gasteiger partial charge < -0.3 is 18.3 Å². The number of fused-ring (bicyclic) bond motifs is 15. The summed E-state index contributed by atoms with van der Waals surface area (Å²) in [6, 6.07) is 52.9. The first kappa shape index (κ1) is 29.4. The van der Waals surface area contributed by atoms with Gasteiger partial charge >= 0.3 is 0 Å². The summed E-state index contributed by atoms with van der Waals surface area (Å²) in [6.07, 6.45) is 7.73. The van der Waals surface area contributed by atoms with Gasteiger partial charge in [0.25, 0.3) is 0 Å². The predicted octanol–water partition coefficient (Wildman–Crippen LogP) is 11.6. The van der Waals surface area contributed by atoms with Crippen LogP contribution in [-0.2, 0) is 13.1 Å². The molecule has 6 heteroatoms. The molecule has 0 saturated heterocycles. The van der Waals surface area contributed by atoms with Crippen LogP contribution in [0.15, 0.2) is 170 Å². The van der Waals surface area contributed by atoms with Crippen LogP contribution in [0.5, 0.6) is 0 Å². The van der Waals surface area contributed by atoms with Gasteiger partial charge in [-0.05, 0) is 54.6 Å². The highest BCUT2D eigenvalue weighted by Crippen LogP contribution is 2.49. The van der Waals surface area contributed by atoms with Crippen LogP contribution in [0.2, 0.25) is 0 Å². The van der Waals surface area contributed by atoms with Gasteiger partial charge in [0.05, 0.1) is 38.6 Å². The summed E-state index contributed by atoms with van der Waals surface area (Å²) in [4.78, 5) is 8.98. The van der Waals surface area contributed by atoms with Crippen LogP contribution in [-0.4, -0.2) is 28.2 Å². The van der Waals surface area contributed by atoms with E-state index in [2.05, 4.69) is 174 Å². The first-order valence-electron chi connectivity index (χ1n) is 18.5. The van der Waals surface area contributed by atoms with Gasteiger partial charge in [-0.1, -0.05) is 91.0 Å². The second kappa shape index (κ2) is 11.2.